The van der Waals surface area contributed by atoms with Crippen LogP contribution in [0.2, 0.25) is 0 Å². The van der Waals surface area contributed by atoms with Crippen molar-refractivity contribution in [3.8, 4) is 0 Å². The molecular weight excluding hydrogens is 304 g/mol. The average Bonchev–Trinajstić information content (AvgIpc) is 2.53. The molecule has 5 nitrogen and oxygen atoms in total. The molecule has 0 spiro atoms. The van der Waals surface area contributed by atoms with E-state index in [1.54, 1.807) is 36.4 Å². The second-order valence-electron chi connectivity index (χ2n) is 4.68. The van der Waals surface area contributed by atoms with Crippen LogP contribution in [0.1, 0.15) is 21.5 Å². The minimum absolute atomic E-state index is 0.0775. The summed E-state index contributed by atoms with van der Waals surface area (Å²) in [7, 11) is -2.61. The molecular formula is C16H16O5S. The molecule has 0 aromatic heterocycles. The molecule has 116 valence electrons. The molecule has 2 rings (SSSR count). The van der Waals surface area contributed by atoms with Gasteiger partial charge in [-0.15, -0.1) is 0 Å². The first kappa shape index (κ1) is 16.2. The van der Waals surface area contributed by atoms with Gasteiger partial charge < -0.3 is 4.74 Å². The van der Waals surface area contributed by atoms with E-state index in [2.05, 4.69) is 4.74 Å². The van der Waals surface area contributed by atoms with Gasteiger partial charge in [-0.1, -0.05) is 35.9 Å². The fraction of sp³-hybridized carbons (Fsp3) is 0.188. The van der Waals surface area contributed by atoms with Gasteiger partial charge in [0, 0.05) is 0 Å². The van der Waals surface area contributed by atoms with E-state index in [4.69, 9.17) is 4.18 Å². The first-order valence-electron chi connectivity index (χ1n) is 6.56. The Morgan fingerprint density at radius 2 is 1.68 bits per heavy atom. The lowest BCUT2D eigenvalue weighted by Crippen LogP contribution is -2.10. The van der Waals surface area contributed by atoms with Crippen LogP contribution >= 0.6 is 0 Å². The first-order valence-corrected chi connectivity index (χ1v) is 7.97. The van der Waals surface area contributed by atoms with Gasteiger partial charge in [0.1, 0.15) is 0 Å². The summed E-state index contributed by atoms with van der Waals surface area (Å²) in [5.41, 5.74) is 1.68. The molecule has 0 saturated heterocycles. The number of aryl methyl sites for hydroxylation is 1. The monoisotopic (exact) mass is 320 g/mol. The summed E-state index contributed by atoms with van der Waals surface area (Å²) in [5.74, 6) is -0.535. The molecule has 0 saturated carbocycles. The summed E-state index contributed by atoms with van der Waals surface area (Å²) in [6, 6.07) is 12.9. The highest BCUT2D eigenvalue weighted by Gasteiger charge is 2.17. The van der Waals surface area contributed by atoms with Crippen LogP contribution in [-0.2, 0) is 25.6 Å². The number of hydrogen-bond donors (Lipinski definition) is 0. The van der Waals surface area contributed by atoms with E-state index in [0.29, 0.717) is 5.56 Å². The van der Waals surface area contributed by atoms with E-state index in [0.717, 1.165) is 5.56 Å². The minimum Gasteiger partial charge on any atom is -0.465 e. The van der Waals surface area contributed by atoms with Crippen LogP contribution < -0.4 is 0 Å². The highest BCUT2D eigenvalue weighted by Crippen LogP contribution is 2.17. The van der Waals surface area contributed by atoms with E-state index >= 15 is 0 Å². The Balaban J connectivity index is 2.19. The Hall–Kier alpha value is -2.18. The van der Waals surface area contributed by atoms with Crippen molar-refractivity contribution >= 4 is 16.1 Å². The van der Waals surface area contributed by atoms with Crippen molar-refractivity contribution in [2.24, 2.45) is 0 Å². The van der Waals surface area contributed by atoms with Crippen LogP contribution in [-0.4, -0.2) is 21.5 Å². The number of ether oxygens (including phenoxy) is 1. The van der Waals surface area contributed by atoms with Crippen LogP contribution in [0.4, 0.5) is 0 Å². The maximum absolute atomic E-state index is 12.1. The summed E-state index contributed by atoms with van der Waals surface area (Å²) in [5, 5.41) is 0. The van der Waals surface area contributed by atoms with E-state index < -0.39 is 16.1 Å². The molecule has 0 N–H and O–H groups in total. The van der Waals surface area contributed by atoms with Crippen LogP contribution in [0.5, 0.6) is 0 Å². The smallest absolute Gasteiger partial charge is 0.338 e. The predicted molar refractivity (Wildman–Crippen MR) is 80.9 cm³/mol. The van der Waals surface area contributed by atoms with Crippen molar-refractivity contribution < 1.29 is 22.1 Å². The summed E-state index contributed by atoms with van der Waals surface area (Å²) >= 11 is 0. The standard InChI is InChI=1S/C16H16O5S/c1-12-7-9-14(10-8-12)22(18,19)21-11-13-5-3-4-6-15(13)16(17)20-2/h3-10H,11H2,1-2H3. The Morgan fingerprint density at radius 3 is 2.32 bits per heavy atom. The molecule has 0 aliphatic heterocycles. The molecule has 6 heteroatoms. The zero-order chi connectivity index (χ0) is 16.2. The highest BCUT2D eigenvalue weighted by molar-refractivity contribution is 7.86. The third-order valence-corrected chi connectivity index (χ3v) is 4.38. The van der Waals surface area contributed by atoms with Crippen molar-refractivity contribution in [2.75, 3.05) is 7.11 Å². The fourth-order valence-corrected chi connectivity index (χ4v) is 2.76. The molecule has 0 heterocycles. The molecule has 0 bridgehead atoms. The molecule has 0 atom stereocenters. The SMILES string of the molecule is COC(=O)c1ccccc1COS(=O)(=O)c1ccc(C)cc1. The molecule has 0 radical (unpaired) electrons. The quantitative estimate of drug-likeness (QED) is 0.626. The van der Waals surface area contributed by atoms with Crippen molar-refractivity contribution in [1.82, 2.24) is 0 Å². The Kier molecular flexibility index (Phi) is 4.95. The van der Waals surface area contributed by atoms with Crippen molar-refractivity contribution in [1.29, 1.82) is 0 Å². The molecule has 0 aliphatic rings. The van der Waals surface area contributed by atoms with Gasteiger partial charge in [-0.05, 0) is 30.7 Å². The van der Waals surface area contributed by atoms with Gasteiger partial charge in [-0.25, -0.2) is 4.79 Å². The number of esters is 1. The van der Waals surface area contributed by atoms with Gasteiger partial charge in [0.25, 0.3) is 10.1 Å². The van der Waals surface area contributed by atoms with Crippen LogP contribution in [0.3, 0.4) is 0 Å². The first-order chi connectivity index (χ1) is 10.4. The lowest BCUT2D eigenvalue weighted by atomic mass is 10.1. The summed E-state index contributed by atoms with van der Waals surface area (Å²) < 4.78 is 34.0. The lowest BCUT2D eigenvalue weighted by Gasteiger charge is -2.09. The Bertz CT molecular complexity index is 763. The van der Waals surface area contributed by atoms with Gasteiger partial charge in [0.15, 0.2) is 0 Å². The van der Waals surface area contributed by atoms with Gasteiger partial charge in [-0.2, -0.15) is 8.42 Å². The Labute approximate surface area is 129 Å². The molecule has 0 aliphatic carbocycles. The zero-order valence-electron chi connectivity index (χ0n) is 12.3. The second kappa shape index (κ2) is 6.72. The van der Waals surface area contributed by atoms with Crippen molar-refractivity contribution in [3.63, 3.8) is 0 Å². The third kappa shape index (κ3) is 3.72. The van der Waals surface area contributed by atoms with Crippen LogP contribution in [0.15, 0.2) is 53.4 Å². The number of carbonyl (C=O) groups excluding carboxylic acids is 1. The number of methoxy groups -OCH3 is 1. The second-order valence-corrected chi connectivity index (χ2v) is 6.29. The average molecular weight is 320 g/mol. The number of benzene rings is 2. The van der Waals surface area contributed by atoms with Crippen molar-refractivity contribution in [2.45, 2.75) is 18.4 Å². The molecule has 0 unspecified atom stereocenters. The van der Waals surface area contributed by atoms with Gasteiger partial charge in [0.05, 0.1) is 24.2 Å². The predicted octanol–water partition coefficient (Wildman–Crippen LogP) is 2.69. The fourth-order valence-electron chi connectivity index (χ4n) is 1.87. The van der Waals surface area contributed by atoms with E-state index in [9.17, 15) is 13.2 Å². The number of carbonyl (C=O) groups is 1. The van der Waals surface area contributed by atoms with Gasteiger partial charge in [0.2, 0.25) is 0 Å². The van der Waals surface area contributed by atoms with E-state index in [1.165, 1.54) is 19.2 Å². The number of rotatable bonds is 5. The highest BCUT2D eigenvalue weighted by atomic mass is 32.2. The van der Waals surface area contributed by atoms with E-state index in [1.807, 2.05) is 6.92 Å². The summed E-state index contributed by atoms with van der Waals surface area (Å²) in [6.07, 6.45) is 0. The Morgan fingerprint density at radius 1 is 1.05 bits per heavy atom. The zero-order valence-corrected chi connectivity index (χ0v) is 13.1. The van der Waals surface area contributed by atoms with E-state index in [-0.39, 0.29) is 17.1 Å². The lowest BCUT2D eigenvalue weighted by molar-refractivity contribution is 0.0597. The van der Waals surface area contributed by atoms with Gasteiger partial charge in [-0.3, -0.25) is 4.18 Å². The van der Waals surface area contributed by atoms with Crippen LogP contribution in [0.25, 0.3) is 0 Å². The minimum atomic E-state index is -3.88. The normalized spacial score (nSPS) is 11.2. The molecule has 2 aromatic rings. The maximum Gasteiger partial charge on any atom is 0.338 e. The largest absolute Gasteiger partial charge is 0.465 e. The van der Waals surface area contributed by atoms with Crippen LogP contribution in [0, 0.1) is 6.92 Å². The summed E-state index contributed by atoms with van der Waals surface area (Å²) in [6.45, 7) is 1.63. The van der Waals surface area contributed by atoms with Gasteiger partial charge >= 0.3 is 5.97 Å². The molecule has 22 heavy (non-hydrogen) atoms. The molecule has 2 aromatic carbocycles. The van der Waals surface area contributed by atoms with Crippen molar-refractivity contribution in [3.05, 3.63) is 65.2 Å². The maximum atomic E-state index is 12.1. The molecule has 0 fully saturated rings. The molecule has 0 amide bonds. The summed E-state index contributed by atoms with van der Waals surface area (Å²) in [4.78, 5) is 11.7. The third-order valence-electron chi connectivity index (χ3n) is 3.10. The topological polar surface area (TPSA) is 69.7 Å². The number of hydrogen-bond acceptors (Lipinski definition) is 5.